The minimum Gasteiger partial charge on any atom is -0.495 e. The van der Waals surface area contributed by atoms with E-state index in [2.05, 4.69) is 0 Å². The zero-order valence-electron chi connectivity index (χ0n) is 11.6. The first kappa shape index (κ1) is 14.3. The van der Waals surface area contributed by atoms with Crippen LogP contribution in [0.4, 0.5) is 0 Å². The molecule has 1 aromatic carbocycles. The third-order valence-corrected chi connectivity index (χ3v) is 5.41. The molecule has 0 radical (unpaired) electrons. The Balaban J connectivity index is 2.54. The lowest BCUT2D eigenvalue weighted by Crippen LogP contribution is -2.34. The highest BCUT2D eigenvalue weighted by molar-refractivity contribution is 7.89. The average molecular weight is 285 g/mol. The Labute approximate surface area is 114 Å². The zero-order valence-corrected chi connectivity index (χ0v) is 12.5. The van der Waals surface area contributed by atoms with E-state index in [1.165, 1.54) is 11.4 Å². The number of methoxy groups -OCH3 is 1. The first-order chi connectivity index (χ1) is 8.87. The molecule has 1 heterocycles. The van der Waals surface area contributed by atoms with Gasteiger partial charge >= 0.3 is 0 Å². The number of ether oxygens (including phenoxy) is 2. The topological polar surface area (TPSA) is 55.8 Å². The van der Waals surface area contributed by atoms with Crippen molar-refractivity contribution in [2.45, 2.75) is 31.9 Å². The van der Waals surface area contributed by atoms with Crippen LogP contribution < -0.4 is 4.74 Å². The molecule has 0 spiro atoms. The van der Waals surface area contributed by atoms with E-state index in [4.69, 9.17) is 9.47 Å². The van der Waals surface area contributed by atoms with Crippen LogP contribution in [0.5, 0.6) is 5.75 Å². The molecule has 19 heavy (non-hydrogen) atoms. The molecular formula is C13H19NO4S. The minimum atomic E-state index is -3.59. The predicted molar refractivity (Wildman–Crippen MR) is 71.8 cm³/mol. The van der Waals surface area contributed by atoms with Crippen LogP contribution in [0, 0.1) is 13.8 Å². The summed E-state index contributed by atoms with van der Waals surface area (Å²) < 4.78 is 37.2. The predicted octanol–water partition coefficient (Wildman–Crippen LogP) is 1.68. The molecule has 0 aromatic heterocycles. The van der Waals surface area contributed by atoms with Gasteiger partial charge in [-0.05, 0) is 44.0 Å². The van der Waals surface area contributed by atoms with Crippen LogP contribution in [-0.4, -0.2) is 39.2 Å². The molecule has 1 aliphatic rings. The van der Waals surface area contributed by atoms with Gasteiger partial charge in [-0.1, -0.05) is 0 Å². The maximum absolute atomic E-state index is 12.7. The van der Waals surface area contributed by atoms with Crippen LogP contribution >= 0.6 is 0 Å². The second-order valence-corrected chi connectivity index (χ2v) is 6.53. The van der Waals surface area contributed by atoms with Crippen molar-refractivity contribution < 1.29 is 17.9 Å². The quantitative estimate of drug-likeness (QED) is 0.848. The van der Waals surface area contributed by atoms with Gasteiger partial charge in [0.25, 0.3) is 0 Å². The monoisotopic (exact) mass is 285 g/mol. The van der Waals surface area contributed by atoms with Crippen molar-refractivity contribution in [3.05, 3.63) is 23.3 Å². The van der Waals surface area contributed by atoms with E-state index >= 15 is 0 Å². The molecule has 0 N–H and O–H groups in total. The Morgan fingerprint density at radius 1 is 1.32 bits per heavy atom. The number of benzene rings is 1. The molecule has 1 atom stereocenters. The molecule has 0 saturated carbocycles. The summed E-state index contributed by atoms with van der Waals surface area (Å²) in [6.07, 6.45) is -0.434. The molecule has 1 aliphatic heterocycles. The molecule has 1 fully saturated rings. The first-order valence-corrected chi connectivity index (χ1v) is 7.60. The smallest absolute Gasteiger partial charge is 0.249 e. The van der Waals surface area contributed by atoms with Crippen LogP contribution in [0.3, 0.4) is 0 Å². The highest BCUT2D eigenvalue weighted by atomic mass is 32.2. The fraction of sp³-hybridized carbons (Fsp3) is 0.538. The van der Waals surface area contributed by atoms with Gasteiger partial charge in [0.05, 0.1) is 13.7 Å². The molecule has 1 unspecified atom stereocenters. The number of nitrogens with zero attached hydrogens (tertiary/aromatic N) is 1. The largest absolute Gasteiger partial charge is 0.495 e. The summed E-state index contributed by atoms with van der Waals surface area (Å²) in [5.74, 6) is 0.377. The van der Waals surface area contributed by atoms with Gasteiger partial charge in [0.15, 0.2) is 0 Å². The van der Waals surface area contributed by atoms with Gasteiger partial charge < -0.3 is 9.47 Å². The van der Waals surface area contributed by atoms with Gasteiger partial charge in [0.1, 0.15) is 16.9 Å². The van der Waals surface area contributed by atoms with Crippen LogP contribution in [0.15, 0.2) is 17.0 Å². The molecule has 1 aromatic rings. The lowest BCUT2D eigenvalue weighted by Gasteiger charge is -2.21. The van der Waals surface area contributed by atoms with Crippen LogP contribution in [0.1, 0.15) is 18.1 Å². The van der Waals surface area contributed by atoms with Crippen molar-refractivity contribution in [2.75, 3.05) is 20.3 Å². The van der Waals surface area contributed by atoms with Gasteiger partial charge in [0, 0.05) is 6.54 Å². The molecule has 0 bridgehead atoms. The van der Waals surface area contributed by atoms with Crippen molar-refractivity contribution in [1.82, 2.24) is 4.31 Å². The van der Waals surface area contributed by atoms with Gasteiger partial charge in [-0.2, -0.15) is 4.31 Å². The maximum atomic E-state index is 12.7. The number of sulfonamides is 1. The molecule has 0 aliphatic carbocycles. The third-order valence-electron chi connectivity index (χ3n) is 3.44. The van der Waals surface area contributed by atoms with Gasteiger partial charge in [-0.25, -0.2) is 8.42 Å². The molecular weight excluding hydrogens is 266 g/mol. The van der Waals surface area contributed by atoms with Crippen molar-refractivity contribution in [1.29, 1.82) is 0 Å². The Kier molecular flexibility index (Phi) is 3.85. The van der Waals surface area contributed by atoms with Crippen LogP contribution in [0.2, 0.25) is 0 Å². The molecule has 2 rings (SSSR count). The van der Waals surface area contributed by atoms with Gasteiger partial charge in [0.2, 0.25) is 10.0 Å². The number of hydrogen-bond donors (Lipinski definition) is 0. The van der Waals surface area contributed by atoms with Gasteiger partial charge in [-0.3, -0.25) is 0 Å². The highest BCUT2D eigenvalue weighted by Gasteiger charge is 2.35. The maximum Gasteiger partial charge on any atom is 0.249 e. The summed E-state index contributed by atoms with van der Waals surface area (Å²) in [6.45, 7) is 6.35. The van der Waals surface area contributed by atoms with E-state index in [-0.39, 0.29) is 4.90 Å². The van der Waals surface area contributed by atoms with E-state index in [1.807, 2.05) is 13.8 Å². The Hall–Kier alpha value is -1.11. The SMILES string of the molecule is COc1cc(C)c(C)cc1S(=O)(=O)N1CCOC1C. The summed E-state index contributed by atoms with van der Waals surface area (Å²) >= 11 is 0. The number of aryl methyl sites for hydroxylation is 2. The molecule has 0 amide bonds. The molecule has 6 heteroatoms. The van der Waals surface area contributed by atoms with Gasteiger partial charge in [-0.15, -0.1) is 0 Å². The zero-order chi connectivity index (χ0) is 14.2. The van der Waals surface area contributed by atoms with E-state index in [1.54, 1.807) is 19.1 Å². The van der Waals surface area contributed by atoms with E-state index in [9.17, 15) is 8.42 Å². The van der Waals surface area contributed by atoms with E-state index in [0.717, 1.165) is 11.1 Å². The molecule has 106 valence electrons. The highest BCUT2D eigenvalue weighted by Crippen LogP contribution is 2.31. The Morgan fingerprint density at radius 3 is 2.47 bits per heavy atom. The average Bonchev–Trinajstić information content (AvgIpc) is 2.79. The summed E-state index contributed by atoms with van der Waals surface area (Å²) in [7, 11) is -2.11. The Morgan fingerprint density at radius 2 is 1.95 bits per heavy atom. The normalized spacial score (nSPS) is 20.7. The summed E-state index contributed by atoms with van der Waals surface area (Å²) in [4.78, 5) is 0.204. The minimum absolute atomic E-state index is 0.204. The number of rotatable bonds is 3. The number of hydrogen-bond acceptors (Lipinski definition) is 4. The first-order valence-electron chi connectivity index (χ1n) is 6.16. The van der Waals surface area contributed by atoms with Crippen molar-refractivity contribution >= 4 is 10.0 Å². The van der Waals surface area contributed by atoms with E-state index < -0.39 is 16.3 Å². The lowest BCUT2D eigenvalue weighted by atomic mass is 10.1. The summed E-state index contributed by atoms with van der Waals surface area (Å²) in [5.41, 5.74) is 1.92. The fourth-order valence-electron chi connectivity index (χ4n) is 2.14. The van der Waals surface area contributed by atoms with Crippen molar-refractivity contribution in [3.63, 3.8) is 0 Å². The van der Waals surface area contributed by atoms with E-state index in [0.29, 0.717) is 18.9 Å². The fourth-order valence-corrected chi connectivity index (χ4v) is 3.89. The Bertz CT molecular complexity index is 583. The van der Waals surface area contributed by atoms with Crippen molar-refractivity contribution in [3.8, 4) is 5.75 Å². The summed E-state index contributed by atoms with van der Waals surface area (Å²) in [5, 5.41) is 0. The third kappa shape index (κ3) is 2.48. The summed E-state index contributed by atoms with van der Waals surface area (Å²) in [6, 6.07) is 3.42. The standard InChI is InChI=1S/C13H19NO4S/c1-9-7-12(17-4)13(8-10(9)2)19(15,16)14-5-6-18-11(14)3/h7-8,11H,5-6H2,1-4H3. The second kappa shape index (κ2) is 5.11. The van der Waals surface area contributed by atoms with Crippen molar-refractivity contribution in [2.24, 2.45) is 0 Å². The molecule has 5 nitrogen and oxygen atoms in total. The van der Waals surface area contributed by atoms with Crippen LogP contribution in [-0.2, 0) is 14.8 Å². The lowest BCUT2D eigenvalue weighted by molar-refractivity contribution is 0.0846. The van der Waals surface area contributed by atoms with Crippen LogP contribution in [0.25, 0.3) is 0 Å². The second-order valence-electron chi connectivity index (χ2n) is 4.67. The molecule has 1 saturated heterocycles.